The van der Waals surface area contributed by atoms with Crippen LogP contribution in [0.1, 0.15) is 23.2 Å². The minimum atomic E-state index is -0.288. The van der Waals surface area contributed by atoms with Crippen LogP contribution in [0.2, 0.25) is 5.02 Å². The molecule has 29 heavy (non-hydrogen) atoms. The van der Waals surface area contributed by atoms with E-state index in [4.69, 9.17) is 11.6 Å². The molecule has 6 nitrogen and oxygen atoms in total. The van der Waals surface area contributed by atoms with Crippen molar-refractivity contribution in [1.29, 1.82) is 0 Å². The number of carbonyl (C=O) groups excluding carboxylic acids is 2. The van der Waals surface area contributed by atoms with Crippen molar-refractivity contribution in [3.05, 3.63) is 64.3 Å². The molecular weight excluding hydrogens is 388 g/mol. The summed E-state index contributed by atoms with van der Waals surface area (Å²) in [5, 5.41) is 9.96. The molecule has 2 aromatic carbocycles. The van der Waals surface area contributed by atoms with Gasteiger partial charge in [0.1, 0.15) is 0 Å². The third kappa shape index (κ3) is 5.51. The fourth-order valence-corrected chi connectivity index (χ4v) is 3.53. The molecule has 3 rings (SSSR count). The summed E-state index contributed by atoms with van der Waals surface area (Å²) in [4.78, 5) is 27.3. The number of hydrogen-bond donors (Lipinski definition) is 4. The zero-order valence-electron chi connectivity index (χ0n) is 16.6. The maximum atomic E-state index is 12.0. The highest BCUT2D eigenvalue weighted by atomic mass is 35.5. The Hall–Kier alpha value is -2.99. The number of anilines is 1. The molecule has 0 aliphatic rings. The second-order valence-electron chi connectivity index (χ2n) is 6.99. The van der Waals surface area contributed by atoms with Crippen LogP contribution in [0.5, 0.6) is 0 Å². The van der Waals surface area contributed by atoms with Crippen molar-refractivity contribution in [2.75, 3.05) is 18.4 Å². The van der Waals surface area contributed by atoms with E-state index in [-0.39, 0.29) is 24.9 Å². The minimum absolute atomic E-state index is 0.166. The summed E-state index contributed by atoms with van der Waals surface area (Å²) >= 11 is 6.11. The van der Waals surface area contributed by atoms with E-state index < -0.39 is 0 Å². The Morgan fingerprint density at radius 2 is 1.79 bits per heavy atom. The number of H-pyrrole nitrogens is 1. The van der Waals surface area contributed by atoms with Crippen LogP contribution in [0.3, 0.4) is 0 Å². The van der Waals surface area contributed by atoms with Crippen molar-refractivity contribution in [2.45, 2.75) is 26.7 Å². The third-order valence-electron chi connectivity index (χ3n) is 4.72. The Balaban J connectivity index is 1.38. The molecule has 3 amide bonds. The van der Waals surface area contributed by atoms with Crippen LogP contribution in [-0.4, -0.2) is 30.0 Å². The number of aryl methyl sites for hydroxylation is 2. The van der Waals surface area contributed by atoms with Gasteiger partial charge in [-0.1, -0.05) is 35.9 Å². The summed E-state index contributed by atoms with van der Waals surface area (Å²) in [6, 6.07) is 13.3. The SMILES string of the molecule is Cc1ccc(NC(=O)CCNC(=O)NCCc2c(C)[nH]c3ccccc23)c(Cl)c1. The number of amides is 3. The molecule has 0 unspecified atom stereocenters. The highest BCUT2D eigenvalue weighted by Crippen LogP contribution is 2.23. The molecule has 0 aliphatic heterocycles. The van der Waals surface area contributed by atoms with Crippen molar-refractivity contribution in [3.8, 4) is 0 Å². The Morgan fingerprint density at radius 1 is 1.03 bits per heavy atom. The van der Waals surface area contributed by atoms with Gasteiger partial charge < -0.3 is 20.9 Å². The maximum absolute atomic E-state index is 12.0. The minimum Gasteiger partial charge on any atom is -0.358 e. The first-order valence-corrected chi connectivity index (χ1v) is 9.95. The molecule has 0 atom stereocenters. The van der Waals surface area contributed by atoms with E-state index in [9.17, 15) is 9.59 Å². The maximum Gasteiger partial charge on any atom is 0.314 e. The van der Waals surface area contributed by atoms with Gasteiger partial charge in [-0.3, -0.25) is 4.79 Å². The summed E-state index contributed by atoms with van der Waals surface area (Å²) in [7, 11) is 0. The van der Waals surface area contributed by atoms with Crippen LogP contribution in [0.15, 0.2) is 42.5 Å². The summed E-state index contributed by atoms with van der Waals surface area (Å²) in [6.07, 6.45) is 0.898. The van der Waals surface area contributed by atoms with Crippen LogP contribution in [-0.2, 0) is 11.2 Å². The van der Waals surface area contributed by atoms with Crippen LogP contribution in [0, 0.1) is 13.8 Å². The van der Waals surface area contributed by atoms with Crippen molar-refractivity contribution >= 4 is 40.1 Å². The predicted octanol–water partition coefficient (Wildman–Crippen LogP) is 4.31. The fraction of sp³-hybridized carbons (Fsp3) is 0.273. The van der Waals surface area contributed by atoms with Gasteiger partial charge in [-0.15, -0.1) is 0 Å². The normalized spacial score (nSPS) is 10.7. The standard InChI is InChI=1S/C22H25ClN4O2/c1-14-7-8-20(18(23)13-14)27-21(28)10-12-25-22(29)24-11-9-16-15(2)26-19-6-4-3-5-17(16)19/h3-8,13,26H,9-12H2,1-2H3,(H,27,28)(H2,24,25,29). The smallest absolute Gasteiger partial charge is 0.314 e. The lowest BCUT2D eigenvalue weighted by Gasteiger charge is -2.10. The predicted molar refractivity (Wildman–Crippen MR) is 118 cm³/mol. The van der Waals surface area contributed by atoms with E-state index in [1.807, 2.05) is 38.1 Å². The summed E-state index contributed by atoms with van der Waals surface area (Å²) in [6.45, 7) is 4.72. The highest BCUT2D eigenvalue weighted by Gasteiger charge is 2.09. The highest BCUT2D eigenvalue weighted by molar-refractivity contribution is 6.33. The number of urea groups is 1. The average molecular weight is 413 g/mol. The lowest BCUT2D eigenvalue weighted by molar-refractivity contribution is -0.116. The number of carbonyl (C=O) groups is 2. The number of para-hydroxylation sites is 1. The van der Waals surface area contributed by atoms with Gasteiger partial charge in [0.15, 0.2) is 0 Å². The van der Waals surface area contributed by atoms with Gasteiger partial charge in [0.2, 0.25) is 5.91 Å². The molecule has 0 fully saturated rings. The number of aromatic nitrogens is 1. The molecule has 4 N–H and O–H groups in total. The Kier molecular flexibility index (Phi) is 6.77. The molecule has 1 aromatic heterocycles. The number of benzene rings is 2. The van der Waals surface area contributed by atoms with Gasteiger partial charge in [0, 0.05) is 36.1 Å². The number of fused-ring (bicyclic) bond motifs is 1. The summed E-state index contributed by atoms with van der Waals surface area (Å²) < 4.78 is 0. The molecule has 3 aromatic rings. The molecule has 0 saturated heterocycles. The Bertz CT molecular complexity index is 1030. The number of rotatable bonds is 7. The fourth-order valence-electron chi connectivity index (χ4n) is 3.24. The van der Waals surface area contributed by atoms with Crippen LogP contribution in [0.25, 0.3) is 10.9 Å². The van der Waals surface area contributed by atoms with Gasteiger partial charge in [0.25, 0.3) is 0 Å². The van der Waals surface area contributed by atoms with Gasteiger partial charge in [-0.2, -0.15) is 0 Å². The van der Waals surface area contributed by atoms with Crippen LogP contribution >= 0.6 is 11.6 Å². The first-order valence-electron chi connectivity index (χ1n) is 9.58. The molecule has 7 heteroatoms. The first-order chi connectivity index (χ1) is 13.9. The van der Waals surface area contributed by atoms with Crippen molar-refractivity contribution in [3.63, 3.8) is 0 Å². The summed E-state index contributed by atoms with van der Waals surface area (Å²) in [5.41, 5.74) is 5.01. The molecule has 152 valence electrons. The van der Waals surface area contributed by atoms with E-state index in [0.717, 1.165) is 23.2 Å². The molecule has 0 radical (unpaired) electrons. The lowest BCUT2D eigenvalue weighted by Crippen LogP contribution is -2.38. The molecule has 0 saturated carbocycles. The van der Waals surface area contributed by atoms with Gasteiger partial charge in [-0.25, -0.2) is 4.79 Å². The molecule has 0 spiro atoms. The molecule has 1 heterocycles. The van der Waals surface area contributed by atoms with Crippen LogP contribution < -0.4 is 16.0 Å². The largest absolute Gasteiger partial charge is 0.358 e. The molecule has 0 bridgehead atoms. The second kappa shape index (κ2) is 9.47. The van der Waals surface area contributed by atoms with Gasteiger partial charge in [-0.05, 0) is 49.6 Å². The van der Waals surface area contributed by atoms with E-state index in [1.54, 1.807) is 12.1 Å². The number of aromatic amines is 1. The molecule has 0 aliphatic carbocycles. The summed E-state index contributed by atoms with van der Waals surface area (Å²) in [5.74, 6) is -0.203. The van der Waals surface area contributed by atoms with Crippen molar-refractivity contribution in [1.82, 2.24) is 15.6 Å². The Labute approximate surface area is 175 Å². The second-order valence-corrected chi connectivity index (χ2v) is 7.40. The quantitative estimate of drug-likeness (QED) is 0.466. The lowest BCUT2D eigenvalue weighted by atomic mass is 10.1. The topological polar surface area (TPSA) is 86.0 Å². The van der Waals surface area contributed by atoms with Crippen molar-refractivity contribution in [2.24, 2.45) is 0 Å². The monoisotopic (exact) mass is 412 g/mol. The zero-order valence-corrected chi connectivity index (χ0v) is 17.3. The van der Waals surface area contributed by atoms with E-state index in [0.29, 0.717) is 17.3 Å². The first kappa shape index (κ1) is 20.7. The van der Waals surface area contributed by atoms with Crippen LogP contribution in [0.4, 0.5) is 10.5 Å². The van der Waals surface area contributed by atoms with Gasteiger partial charge >= 0.3 is 6.03 Å². The van der Waals surface area contributed by atoms with E-state index >= 15 is 0 Å². The number of nitrogens with one attached hydrogen (secondary N) is 4. The average Bonchev–Trinajstić information content (AvgIpc) is 2.99. The third-order valence-corrected chi connectivity index (χ3v) is 5.04. The van der Waals surface area contributed by atoms with E-state index in [1.165, 1.54) is 10.9 Å². The zero-order chi connectivity index (χ0) is 20.8. The van der Waals surface area contributed by atoms with Gasteiger partial charge in [0.05, 0.1) is 10.7 Å². The number of halogens is 1. The Morgan fingerprint density at radius 3 is 2.59 bits per heavy atom. The van der Waals surface area contributed by atoms with E-state index in [2.05, 4.69) is 27.0 Å². The molecular formula is C22H25ClN4O2. The van der Waals surface area contributed by atoms with Crippen molar-refractivity contribution < 1.29 is 9.59 Å². The number of hydrogen-bond acceptors (Lipinski definition) is 2.